The molecule has 32 heavy (non-hydrogen) atoms. The van der Waals surface area contributed by atoms with Crippen molar-refractivity contribution in [2.45, 2.75) is 16.9 Å². The Labute approximate surface area is 187 Å². The molecule has 0 bridgehead atoms. The minimum atomic E-state index is -3.44. The van der Waals surface area contributed by atoms with E-state index in [-0.39, 0.29) is 13.1 Å². The average molecular weight is 457 g/mol. The summed E-state index contributed by atoms with van der Waals surface area (Å²) in [5.74, 6) is -0.393. The Morgan fingerprint density at radius 3 is 2.00 bits per heavy atom. The van der Waals surface area contributed by atoms with Crippen LogP contribution in [0.1, 0.15) is 22.7 Å². The molecule has 1 aliphatic heterocycles. The zero-order chi connectivity index (χ0) is 22.9. The highest BCUT2D eigenvalue weighted by Gasteiger charge is 2.51. The smallest absolute Gasteiger partial charge is 0.219 e. The summed E-state index contributed by atoms with van der Waals surface area (Å²) in [6, 6.07) is 12.2. The highest BCUT2D eigenvalue weighted by molar-refractivity contribution is 7.89. The topological polar surface area (TPSA) is 86.6 Å². The van der Waals surface area contributed by atoms with E-state index >= 15 is 0 Å². The fourth-order valence-electron chi connectivity index (χ4n) is 4.19. The molecule has 1 atom stereocenters. The van der Waals surface area contributed by atoms with E-state index < -0.39 is 32.7 Å². The number of likely N-dealkylation sites (tertiary alicyclic amines) is 1. The van der Waals surface area contributed by atoms with E-state index in [1.807, 2.05) is 4.90 Å². The van der Waals surface area contributed by atoms with Gasteiger partial charge in [0.1, 0.15) is 16.7 Å². The van der Waals surface area contributed by atoms with Gasteiger partial charge in [0.25, 0.3) is 0 Å². The van der Waals surface area contributed by atoms with Gasteiger partial charge in [0.15, 0.2) is 0 Å². The first-order chi connectivity index (χ1) is 15.2. The molecular weight excluding hydrogens is 431 g/mol. The van der Waals surface area contributed by atoms with Gasteiger partial charge in [-0.05, 0) is 29.8 Å². The van der Waals surface area contributed by atoms with Crippen molar-refractivity contribution in [3.8, 4) is 0 Å². The summed E-state index contributed by atoms with van der Waals surface area (Å²) >= 11 is 0. The van der Waals surface area contributed by atoms with Crippen LogP contribution in [-0.4, -0.2) is 65.1 Å². The lowest BCUT2D eigenvalue weighted by atomic mass is 9.76. The molecule has 3 aromatic rings. The second kappa shape index (κ2) is 8.67. The van der Waals surface area contributed by atoms with Crippen LogP contribution in [-0.2, 0) is 15.6 Å². The number of sulfonamides is 1. The largest absolute Gasteiger partial charge is 0.378 e. The lowest BCUT2D eigenvalue weighted by molar-refractivity contribution is -0.0456. The number of aliphatic hydroxyl groups is 1. The fourth-order valence-corrected chi connectivity index (χ4v) is 5.54. The molecule has 3 heterocycles. The average Bonchev–Trinajstić information content (AvgIpc) is 2.77. The maximum atomic E-state index is 13.7. The van der Waals surface area contributed by atoms with E-state index in [4.69, 9.17) is 0 Å². The van der Waals surface area contributed by atoms with E-state index in [9.17, 15) is 17.9 Å². The summed E-state index contributed by atoms with van der Waals surface area (Å²) in [4.78, 5) is 10.3. The summed E-state index contributed by atoms with van der Waals surface area (Å²) in [6.07, 6.45) is 6.39. The summed E-state index contributed by atoms with van der Waals surface area (Å²) in [5.41, 5.74) is 0.109. The second-order valence-electron chi connectivity index (χ2n) is 8.11. The van der Waals surface area contributed by atoms with E-state index in [1.165, 1.54) is 30.5 Å². The Bertz CT molecular complexity index is 1110. The van der Waals surface area contributed by atoms with Crippen LogP contribution in [0.2, 0.25) is 0 Å². The molecule has 1 aromatic carbocycles. The van der Waals surface area contributed by atoms with Gasteiger partial charge < -0.3 is 5.11 Å². The zero-order valence-electron chi connectivity index (χ0n) is 17.8. The third kappa shape index (κ3) is 3.93. The summed E-state index contributed by atoms with van der Waals surface area (Å²) in [6.45, 7) is 0.455. The lowest BCUT2D eigenvalue weighted by Gasteiger charge is -2.50. The van der Waals surface area contributed by atoms with Gasteiger partial charge in [0, 0.05) is 63.1 Å². The van der Waals surface area contributed by atoms with Crippen molar-refractivity contribution >= 4 is 10.0 Å². The molecule has 0 spiro atoms. The van der Waals surface area contributed by atoms with Gasteiger partial charge in [0.05, 0.1) is 6.04 Å². The van der Waals surface area contributed by atoms with Gasteiger partial charge in [-0.3, -0.25) is 14.9 Å². The number of hydrogen-bond donors (Lipinski definition) is 1. The first-order valence-electron chi connectivity index (χ1n) is 10.2. The van der Waals surface area contributed by atoms with Gasteiger partial charge in [0.2, 0.25) is 10.0 Å². The first kappa shape index (κ1) is 22.5. The SMILES string of the molecule is CN(C)S(=O)(=O)C1CN(C(c2ccc(F)cc2)C(O)(c2cccnc2)c2cccnc2)C1. The fraction of sp³-hybridized carbons (Fsp3) is 0.304. The first-order valence-corrected chi connectivity index (χ1v) is 11.7. The molecule has 0 saturated carbocycles. The van der Waals surface area contributed by atoms with Crippen LogP contribution in [0, 0.1) is 5.82 Å². The van der Waals surface area contributed by atoms with Crippen LogP contribution in [0.3, 0.4) is 0 Å². The summed E-state index contributed by atoms with van der Waals surface area (Å²) < 4.78 is 40.2. The third-order valence-corrected chi connectivity index (χ3v) is 8.11. The standard InChI is InChI=1S/C23H25FN4O3S/c1-27(2)32(30,31)21-15-28(16-21)22(17-7-9-20(24)10-8-17)23(29,18-5-3-11-25-13-18)19-6-4-12-26-14-19/h3-14,21-22,29H,15-16H2,1-2H3. The van der Waals surface area contributed by atoms with Crippen molar-refractivity contribution in [2.24, 2.45) is 0 Å². The molecule has 168 valence electrons. The molecule has 1 unspecified atom stereocenters. The zero-order valence-corrected chi connectivity index (χ0v) is 18.7. The Morgan fingerprint density at radius 1 is 1.03 bits per heavy atom. The number of rotatable bonds is 7. The molecule has 1 fully saturated rings. The van der Waals surface area contributed by atoms with Crippen LogP contribution < -0.4 is 0 Å². The van der Waals surface area contributed by atoms with Crippen LogP contribution in [0.5, 0.6) is 0 Å². The van der Waals surface area contributed by atoms with E-state index in [0.717, 1.165) is 0 Å². The number of aromatic nitrogens is 2. The highest BCUT2D eigenvalue weighted by Crippen LogP contribution is 2.46. The monoisotopic (exact) mass is 456 g/mol. The van der Waals surface area contributed by atoms with E-state index in [0.29, 0.717) is 16.7 Å². The molecule has 1 N–H and O–H groups in total. The maximum absolute atomic E-state index is 13.7. The Balaban J connectivity index is 1.84. The molecule has 9 heteroatoms. The summed E-state index contributed by atoms with van der Waals surface area (Å²) in [5, 5.41) is 11.7. The second-order valence-corrected chi connectivity index (χ2v) is 10.5. The number of hydrogen-bond acceptors (Lipinski definition) is 6. The predicted molar refractivity (Wildman–Crippen MR) is 119 cm³/mol. The van der Waals surface area contributed by atoms with Crippen LogP contribution in [0.15, 0.2) is 73.3 Å². The minimum Gasteiger partial charge on any atom is -0.378 e. The van der Waals surface area contributed by atoms with Crippen LogP contribution >= 0.6 is 0 Å². The number of nitrogens with zero attached hydrogens (tertiary/aromatic N) is 4. The van der Waals surface area contributed by atoms with Gasteiger partial charge in [-0.2, -0.15) is 0 Å². The van der Waals surface area contributed by atoms with Crippen molar-refractivity contribution in [3.63, 3.8) is 0 Å². The van der Waals surface area contributed by atoms with Gasteiger partial charge in [-0.25, -0.2) is 17.1 Å². The van der Waals surface area contributed by atoms with E-state index in [2.05, 4.69) is 9.97 Å². The number of halogens is 1. The molecule has 0 aliphatic carbocycles. The lowest BCUT2D eigenvalue weighted by Crippen LogP contribution is -2.61. The van der Waals surface area contributed by atoms with Crippen LogP contribution in [0.25, 0.3) is 0 Å². The molecule has 0 radical (unpaired) electrons. The van der Waals surface area contributed by atoms with Gasteiger partial charge >= 0.3 is 0 Å². The van der Waals surface area contributed by atoms with Crippen molar-refractivity contribution < 1.29 is 17.9 Å². The highest BCUT2D eigenvalue weighted by atomic mass is 32.2. The van der Waals surface area contributed by atoms with Crippen molar-refractivity contribution in [1.29, 1.82) is 0 Å². The van der Waals surface area contributed by atoms with Gasteiger partial charge in [-0.15, -0.1) is 0 Å². The quantitative estimate of drug-likeness (QED) is 0.587. The number of pyridine rings is 2. The molecule has 1 aliphatic rings. The number of benzene rings is 1. The van der Waals surface area contributed by atoms with Crippen molar-refractivity contribution in [1.82, 2.24) is 19.2 Å². The third-order valence-electron chi connectivity index (χ3n) is 5.96. The Hall–Kier alpha value is -2.72. The van der Waals surface area contributed by atoms with Crippen molar-refractivity contribution in [3.05, 3.63) is 95.8 Å². The predicted octanol–water partition coefficient (Wildman–Crippen LogP) is 2.17. The normalized spacial score (nSPS) is 16.7. The molecule has 1 saturated heterocycles. The van der Waals surface area contributed by atoms with Gasteiger partial charge in [-0.1, -0.05) is 24.3 Å². The molecule has 7 nitrogen and oxygen atoms in total. The van der Waals surface area contributed by atoms with E-state index in [1.54, 1.807) is 61.2 Å². The Morgan fingerprint density at radius 2 is 1.56 bits per heavy atom. The van der Waals surface area contributed by atoms with Crippen LogP contribution in [0.4, 0.5) is 4.39 Å². The Kier molecular flexibility index (Phi) is 6.09. The summed E-state index contributed by atoms with van der Waals surface area (Å²) in [7, 11) is -0.423. The molecule has 0 amide bonds. The maximum Gasteiger partial charge on any atom is 0.219 e. The molecular formula is C23H25FN4O3S. The molecule has 4 rings (SSSR count). The minimum absolute atomic E-state index is 0.228. The van der Waals surface area contributed by atoms with Crippen molar-refractivity contribution in [2.75, 3.05) is 27.2 Å². The molecule has 2 aromatic heterocycles.